The van der Waals surface area contributed by atoms with Gasteiger partial charge in [0.15, 0.2) is 0 Å². The summed E-state index contributed by atoms with van der Waals surface area (Å²) in [4.78, 5) is 0. The van der Waals surface area contributed by atoms with Crippen LogP contribution >= 0.6 is 0 Å². The Balaban J connectivity index is 1.16. The molecule has 0 spiro atoms. The molecule has 0 aromatic heterocycles. The van der Waals surface area contributed by atoms with Crippen LogP contribution < -0.4 is 8.92 Å². The summed E-state index contributed by atoms with van der Waals surface area (Å²) < 4.78 is 2.83. The summed E-state index contributed by atoms with van der Waals surface area (Å²) in [5, 5.41) is 0. The van der Waals surface area contributed by atoms with E-state index < -0.39 is 0 Å². The van der Waals surface area contributed by atoms with Crippen molar-refractivity contribution in [2.75, 3.05) is 0 Å². The number of rotatable bonds is 15. The van der Waals surface area contributed by atoms with Crippen molar-refractivity contribution in [3.63, 3.8) is 0 Å². The van der Waals surface area contributed by atoms with Crippen LogP contribution in [0.5, 0.6) is 0 Å². The maximum absolute atomic E-state index is 2.64. The summed E-state index contributed by atoms with van der Waals surface area (Å²) in [6.45, 7) is 51.3. The van der Waals surface area contributed by atoms with Gasteiger partial charge in [0.25, 0.3) is 0 Å². The van der Waals surface area contributed by atoms with E-state index in [1.807, 2.05) is 0 Å². The molecular formula is C108H106Se2. The molecule has 0 fully saturated rings. The molecule has 0 saturated heterocycles. The van der Waals surface area contributed by atoms with Gasteiger partial charge in [0.05, 0.1) is 0 Å². The van der Waals surface area contributed by atoms with Gasteiger partial charge in [-0.1, -0.05) is 0 Å². The molecule has 2 heteroatoms. The summed E-state index contributed by atoms with van der Waals surface area (Å²) in [5.41, 5.74) is 53.1. The van der Waals surface area contributed by atoms with Gasteiger partial charge in [-0.2, -0.15) is 0 Å². The fraction of sp³-hybridized carbons (Fsp3) is 0.222. The molecule has 0 aliphatic carbocycles. The van der Waals surface area contributed by atoms with E-state index in [0.717, 1.165) is 0 Å². The Morgan fingerprint density at radius 2 is 0.282 bits per heavy atom. The average molecular weight is 1560 g/mol. The fourth-order valence-electron chi connectivity index (χ4n) is 17.7. The van der Waals surface area contributed by atoms with Gasteiger partial charge >= 0.3 is 675 Å². The first-order valence-corrected chi connectivity index (χ1v) is 45.3. The molecule has 14 rings (SSSR count). The zero-order chi connectivity index (χ0) is 78.1. The van der Waals surface area contributed by atoms with Crippen LogP contribution in [0.15, 0.2) is 243 Å². The van der Waals surface area contributed by atoms with Gasteiger partial charge in [0, 0.05) is 0 Å². The molecule has 0 aliphatic rings. The van der Waals surface area contributed by atoms with Gasteiger partial charge < -0.3 is 0 Å². The van der Waals surface area contributed by atoms with Gasteiger partial charge in [-0.3, -0.25) is 0 Å². The zero-order valence-electron chi connectivity index (χ0n) is 68.9. The standard InChI is InChI=1S/C108H106Se2/c1-63-31-23-32-64(2)97(63)83-47-79(48-84(55-83)98-65(3)33-24-34-66(98)4)93-59-91(107(17,18)19)60-94(80-49-85(99-67(5)35-25-36-68(99)6)56-86(50-80)100-69(7)37-26-38-70(100)8)105(93)109-110-106-95(81-51-87(101-71(9)39-27-40-72(101)10)57-88(52-81)102-73(11)41-28-42-74(102)12)61-92(108(20,21)22)62-96(106)82-53-89(103-75(13)43-29-44-76(103)14)58-90(54-82)104-77(15)45-30-46-78(104)16/h23-62H,1-22H3. The Labute approximate surface area is 669 Å². The van der Waals surface area contributed by atoms with E-state index >= 15 is 0 Å². The molecule has 550 valence electrons. The predicted molar refractivity (Wildman–Crippen MR) is 482 cm³/mol. The Hall–Kier alpha value is -9.88. The van der Waals surface area contributed by atoms with Crippen LogP contribution in [0.3, 0.4) is 0 Å². The molecule has 0 bridgehead atoms. The van der Waals surface area contributed by atoms with E-state index in [1.165, 1.54) is 243 Å². The minimum atomic E-state index is -0.232. The summed E-state index contributed by atoms with van der Waals surface area (Å²) in [5.74, 6) is 0. The molecule has 0 atom stereocenters. The van der Waals surface area contributed by atoms with Crippen LogP contribution in [-0.2, 0) is 10.8 Å². The summed E-state index contributed by atoms with van der Waals surface area (Å²) >= 11 is -0.415. The average Bonchev–Trinajstić information content (AvgIpc) is 0.749. The number of aryl methyl sites for hydroxylation is 16. The van der Waals surface area contributed by atoms with E-state index in [4.69, 9.17) is 0 Å². The van der Waals surface area contributed by atoms with Crippen LogP contribution in [-0.4, -0.2) is 26.3 Å². The first-order valence-electron chi connectivity index (χ1n) is 39.3. The van der Waals surface area contributed by atoms with E-state index in [2.05, 4.69) is 395 Å². The quantitative estimate of drug-likeness (QED) is 0.0898. The second kappa shape index (κ2) is 30.8. The van der Waals surface area contributed by atoms with Crippen molar-refractivity contribution in [1.29, 1.82) is 0 Å². The molecule has 0 saturated carbocycles. The Kier molecular flexibility index (Phi) is 21.5. The third-order valence-corrected chi connectivity index (χ3v) is 30.5. The molecule has 14 aromatic rings. The second-order valence-corrected chi connectivity index (χ2v) is 39.8. The van der Waals surface area contributed by atoms with Crippen LogP contribution in [0.25, 0.3) is 134 Å². The first-order chi connectivity index (χ1) is 52.4. The topological polar surface area (TPSA) is 0 Å². The van der Waals surface area contributed by atoms with Crippen LogP contribution in [0.4, 0.5) is 0 Å². The van der Waals surface area contributed by atoms with Crippen molar-refractivity contribution in [1.82, 2.24) is 0 Å². The molecule has 110 heavy (non-hydrogen) atoms. The second-order valence-electron chi connectivity index (χ2n) is 33.8. The van der Waals surface area contributed by atoms with Crippen molar-refractivity contribution in [2.24, 2.45) is 0 Å². The summed E-state index contributed by atoms with van der Waals surface area (Å²) in [6.07, 6.45) is 0. The molecule has 0 aliphatic heterocycles. The molecule has 0 nitrogen and oxygen atoms in total. The maximum atomic E-state index is 2.64. The van der Waals surface area contributed by atoms with E-state index in [1.54, 1.807) is 0 Å². The first kappa shape index (κ1) is 76.9. The Bertz CT molecular complexity index is 4830. The van der Waals surface area contributed by atoms with Crippen LogP contribution in [0.1, 0.15) is 142 Å². The zero-order valence-corrected chi connectivity index (χ0v) is 72.3. The van der Waals surface area contributed by atoms with Crippen molar-refractivity contribution < 1.29 is 0 Å². The normalized spacial score (nSPS) is 11.8. The van der Waals surface area contributed by atoms with Gasteiger partial charge in [-0.05, 0) is 0 Å². The van der Waals surface area contributed by atoms with E-state index in [0.29, 0.717) is 0 Å². The van der Waals surface area contributed by atoms with Crippen LogP contribution in [0, 0.1) is 111 Å². The number of hydrogen-bond donors (Lipinski definition) is 0. The summed E-state index contributed by atoms with van der Waals surface area (Å²) in [7, 11) is 0. The molecule has 0 heterocycles. The monoisotopic (exact) mass is 1560 g/mol. The molecule has 0 unspecified atom stereocenters. The molecule has 0 amide bonds. The van der Waals surface area contributed by atoms with Gasteiger partial charge in [-0.25, -0.2) is 0 Å². The van der Waals surface area contributed by atoms with Crippen LogP contribution in [0.2, 0.25) is 0 Å². The van der Waals surface area contributed by atoms with E-state index in [-0.39, 0.29) is 37.1 Å². The minimum absolute atomic E-state index is 0.208. The van der Waals surface area contributed by atoms with Gasteiger partial charge in [-0.15, -0.1) is 0 Å². The number of benzene rings is 14. The van der Waals surface area contributed by atoms with Gasteiger partial charge in [0.2, 0.25) is 0 Å². The number of hydrogen-bond acceptors (Lipinski definition) is 0. The van der Waals surface area contributed by atoms with Crippen molar-refractivity contribution in [2.45, 2.75) is 163 Å². The summed E-state index contributed by atoms with van der Waals surface area (Å²) in [6, 6.07) is 95.6. The van der Waals surface area contributed by atoms with Gasteiger partial charge in [0.1, 0.15) is 0 Å². The molecular weight excluding hydrogens is 1460 g/mol. The molecule has 0 radical (unpaired) electrons. The van der Waals surface area contributed by atoms with Crippen molar-refractivity contribution >= 4 is 35.2 Å². The fourth-order valence-corrected chi connectivity index (χ4v) is 26.0. The Morgan fingerprint density at radius 1 is 0.164 bits per heavy atom. The SMILES string of the molecule is Cc1cccc(C)c1-c1cc(-c2cc(C(C)(C)C)cc(-c3cc(-c4c(C)cccc4C)cc(-c4c(C)cccc4C)c3)c2[Se][Se]c2c(-c3cc(-c4c(C)cccc4C)cc(-c4c(C)cccc4C)c3)cc(C(C)(C)C)cc2-c2cc(-c3c(C)cccc3C)cc(-c3c(C)cccc3C)c2)cc(-c2c(C)cccc2C)c1. The third kappa shape index (κ3) is 15.2. The predicted octanol–water partition coefficient (Wildman–Crippen LogP) is 28.5. The Morgan fingerprint density at radius 3 is 0.400 bits per heavy atom. The third-order valence-electron chi connectivity index (χ3n) is 23.3. The van der Waals surface area contributed by atoms with Crippen molar-refractivity contribution in [3.05, 3.63) is 343 Å². The van der Waals surface area contributed by atoms with E-state index in [9.17, 15) is 0 Å². The van der Waals surface area contributed by atoms with Crippen molar-refractivity contribution in [3.8, 4) is 134 Å². The molecule has 14 aromatic carbocycles. The molecule has 0 N–H and O–H groups in total.